The molecule has 0 aliphatic carbocycles. The molecule has 0 amide bonds. The molecule has 0 aliphatic heterocycles. The predicted octanol–water partition coefficient (Wildman–Crippen LogP) is 3.86. The summed E-state index contributed by atoms with van der Waals surface area (Å²) in [4.78, 5) is 7.04. The van der Waals surface area contributed by atoms with Gasteiger partial charge in [-0.3, -0.25) is 4.99 Å². The zero-order valence-electron chi connectivity index (χ0n) is 17.9. The molecule has 0 heterocycles. The number of aliphatic imine (C=N–C) groups is 1. The Morgan fingerprint density at radius 3 is 2.12 bits per heavy atom. The molecule has 0 saturated heterocycles. The van der Waals surface area contributed by atoms with Crippen molar-refractivity contribution in [3.63, 3.8) is 0 Å². The van der Waals surface area contributed by atoms with Gasteiger partial charge >= 0.3 is 0 Å². The van der Waals surface area contributed by atoms with Crippen molar-refractivity contribution in [2.45, 2.75) is 72.1 Å². The predicted molar refractivity (Wildman–Crippen MR) is 126 cm³/mol. The molecule has 5 nitrogen and oxygen atoms in total. The SMILES string of the molecule is CCNC(=NCC(CC)(CC)CCO)NCCCCCCCN(C)C.I. The largest absolute Gasteiger partial charge is 0.396 e. The first kappa shape index (κ1) is 28.1. The van der Waals surface area contributed by atoms with Crippen molar-refractivity contribution < 1.29 is 5.11 Å². The van der Waals surface area contributed by atoms with Crippen LogP contribution in [-0.2, 0) is 0 Å². The van der Waals surface area contributed by atoms with Crippen LogP contribution in [0.3, 0.4) is 0 Å². The fraction of sp³-hybridized carbons (Fsp3) is 0.950. The van der Waals surface area contributed by atoms with E-state index in [1.807, 2.05) is 0 Å². The number of aliphatic hydroxyl groups excluding tert-OH is 1. The molecular weight excluding hydrogens is 439 g/mol. The van der Waals surface area contributed by atoms with Gasteiger partial charge in [-0.25, -0.2) is 0 Å². The monoisotopic (exact) mass is 484 g/mol. The number of guanidine groups is 1. The van der Waals surface area contributed by atoms with Gasteiger partial charge in [-0.15, -0.1) is 24.0 Å². The zero-order chi connectivity index (χ0) is 19.0. The highest BCUT2D eigenvalue weighted by Crippen LogP contribution is 2.30. The lowest BCUT2D eigenvalue weighted by molar-refractivity contribution is 0.175. The van der Waals surface area contributed by atoms with Gasteiger partial charge in [-0.2, -0.15) is 0 Å². The van der Waals surface area contributed by atoms with Gasteiger partial charge in [-0.05, 0) is 65.1 Å². The van der Waals surface area contributed by atoms with Crippen LogP contribution in [-0.4, -0.2) is 62.8 Å². The van der Waals surface area contributed by atoms with Crippen LogP contribution in [0.25, 0.3) is 0 Å². The van der Waals surface area contributed by atoms with E-state index in [2.05, 4.69) is 50.4 Å². The molecule has 0 aromatic heterocycles. The number of nitrogens with one attached hydrogen (secondary N) is 2. The van der Waals surface area contributed by atoms with E-state index in [1.165, 1.54) is 38.6 Å². The summed E-state index contributed by atoms with van der Waals surface area (Å²) in [6, 6.07) is 0. The van der Waals surface area contributed by atoms with Gasteiger partial charge < -0.3 is 20.6 Å². The molecule has 158 valence electrons. The van der Waals surface area contributed by atoms with E-state index >= 15 is 0 Å². The maximum atomic E-state index is 9.34. The van der Waals surface area contributed by atoms with Crippen LogP contribution in [0.15, 0.2) is 4.99 Å². The van der Waals surface area contributed by atoms with Crippen LogP contribution in [0.1, 0.15) is 72.1 Å². The molecule has 0 aromatic rings. The van der Waals surface area contributed by atoms with E-state index in [9.17, 15) is 5.11 Å². The number of aliphatic hydroxyl groups is 1. The van der Waals surface area contributed by atoms with Gasteiger partial charge in [0.1, 0.15) is 0 Å². The molecular formula is C20H45IN4O. The number of halogens is 1. The van der Waals surface area contributed by atoms with Gasteiger partial charge in [0.05, 0.1) is 0 Å². The fourth-order valence-corrected chi connectivity index (χ4v) is 3.02. The second kappa shape index (κ2) is 18.3. The van der Waals surface area contributed by atoms with Crippen LogP contribution in [0.2, 0.25) is 0 Å². The third-order valence-electron chi connectivity index (χ3n) is 5.13. The first-order valence-corrected chi connectivity index (χ1v) is 10.3. The van der Waals surface area contributed by atoms with Gasteiger partial charge in [-0.1, -0.05) is 33.1 Å². The highest BCUT2D eigenvalue weighted by Gasteiger charge is 2.25. The Morgan fingerprint density at radius 1 is 0.962 bits per heavy atom. The Labute approximate surface area is 179 Å². The van der Waals surface area contributed by atoms with E-state index in [1.54, 1.807) is 0 Å². The summed E-state index contributed by atoms with van der Waals surface area (Å²) < 4.78 is 0. The third-order valence-corrected chi connectivity index (χ3v) is 5.13. The van der Waals surface area contributed by atoms with Crippen LogP contribution in [0.4, 0.5) is 0 Å². The van der Waals surface area contributed by atoms with Gasteiger partial charge in [0, 0.05) is 26.2 Å². The van der Waals surface area contributed by atoms with Crippen molar-refractivity contribution in [1.82, 2.24) is 15.5 Å². The minimum atomic E-state index is 0. The number of nitrogens with zero attached hydrogens (tertiary/aromatic N) is 2. The fourth-order valence-electron chi connectivity index (χ4n) is 3.02. The number of rotatable bonds is 15. The summed E-state index contributed by atoms with van der Waals surface area (Å²) in [6.07, 6.45) is 9.34. The summed E-state index contributed by atoms with van der Waals surface area (Å²) in [5.41, 5.74) is 0.129. The van der Waals surface area contributed by atoms with Crippen molar-refractivity contribution in [2.24, 2.45) is 10.4 Å². The molecule has 3 N–H and O–H groups in total. The summed E-state index contributed by atoms with van der Waals surface area (Å²) >= 11 is 0. The van der Waals surface area contributed by atoms with Gasteiger partial charge in [0.25, 0.3) is 0 Å². The molecule has 0 unspecified atom stereocenters. The van der Waals surface area contributed by atoms with Crippen molar-refractivity contribution in [3.8, 4) is 0 Å². The quantitative estimate of drug-likeness (QED) is 0.143. The van der Waals surface area contributed by atoms with E-state index in [0.717, 1.165) is 44.9 Å². The second-order valence-electron chi connectivity index (χ2n) is 7.37. The molecule has 0 spiro atoms. The molecule has 0 saturated carbocycles. The standard InChI is InChI=1S/C20H44N4O.HI/c1-6-20(7-2,14-17-25)18-23-19(21-8-3)22-15-12-10-9-11-13-16-24(4)5;/h25H,6-18H2,1-5H3,(H2,21,22,23);1H. The van der Waals surface area contributed by atoms with Gasteiger partial charge in [0.15, 0.2) is 5.96 Å². The lowest BCUT2D eigenvalue weighted by atomic mass is 9.79. The lowest BCUT2D eigenvalue weighted by Crippen LogP contribution is -2.39. The molecule has 0 bridgehead atoms. The number of unbranched alkanes of at least 4 members (excludes halogenated alkanes) is 4. The van der Waals surface area contributed by atoms with E-state index in [-0.39, 0.29) is 36.0 Å². The first-order valence-electron chi connectivity index (χ1n) is 10.3. The highest BCUT2D eigenvalue weighted by atomic mass is 127. The number of hydrogen-bond acceptors (Lipinski definition) is 3. The first-order chi connectivity index (χ1) is 12.0. The zero-order valence-corrected chi connectivity index (χ0v) is 20.3. The Bertz CT molecular complexity index is 334. The number of hydrogen-bond donors (Lipinski definition) is 3. The molecule has 0 fully saturated rings. The van der Waals surface area contributed by atoms with E-state index < -0.39 is 0 Å². The van der Waals surface area contributed by atoms with Crippen LogP contribution in [0, 0.1) is 5.41 Å². The molecule has 0 aromatic carbocycles. The lowest BCUT2D eigenvalue weighted by Gasteiger charge is -2.29. The maximum absolute atomic E-state index is 9.34. The van der Waals surface area contributed by atoms with Crippen LogP contribution < -0.4 is 10.6 Å². The van der Waals surface area contributed by atoms with E-state index in [0.29, 0.717) is 0 Å². The van der Waals surface area contributed by atoms with Gasteiger partial charge in [0.2, 0.25) is 0 Å². The summed E-state index contributed by atoms with van der Waals surface area (Å²) in [5, 5.41) is 16.1. The average Bonchev–Trinajstić information content (AvgIpc) is 2.60. The van der Waals surface area contributed by atoms with Crippen molar-refractivity contribution >= 4 is 29.9 Å². The normalized spacial score (nSPS) is 12.2. The van der Waals surface area contributed by atoms with Crippen molar-refractivity contribution in [1.29, 1.82) is 0 Å². The minimum absolute atomic E-state index is 0. The highest BCUT2D eigenvalue weighted by molar-refractivity contribution is 14.0. The maximum Gasteiger partial charge on any atom is 0.191 e. The van der Waals surface area contributed by atoms with Crippen molar-refractivity contribution in [2.75, 3.05) is 46.9 Å². The average molecular weight is 485 g/mol. The Balaban J connectivity index is 0. The Kier molecular flexibility index (Phi) is 19.8. The third kappa shape index (κ3) is 14.0. The molecule has 26 heavy (non-hydrogen) atoms. The Hall–Kier alpha value is -0.0800. The van der Waals surface area contributed by atoms with Crippen LogP contribution in [0.5, 0.6) is 0 Å². The van der Waals surface area contributed by atoms with Crippen LogP contribution >= 0.6 is 24.0 Å². The smallest absolute Gasteiger partial charge is 0.191 e. The molecule has 0 atom stereocenters. The second-order valence-corrected chi connectivity index (χ2v) is 7.37. The van der Waals surface area contributed by atoms with E-state index in [4.69, 9.17) is 4.99 Å². The molecule has 0 aliphatic rings. The van der Waals surface area contributed by atoms with Crippen molar-refractivity contribution in [3.05, 3.63) is 0 Å². The summed E-state index contributed by atoms with van der Waals surface area (Å²) in [7, 11) is 4.27. The topological polar surface area (TPSA) is 59.9 Å². The molecule has 0 radical (unpaired) electrons. The Morgan fingerprint density at radius 2 is 1.58 bits per heavy atom. The minimum Gasteiger partial charge on any atom is -0.396 e. The summed E-state index contributed by atoms with van der Waals surface area (Å²) in [6.45, 7) is 10.6. The summed E-state index contributed by atoms with van der Waals surface area (Å²) in [5.74, 6) is 0.916. The molecule has 0 rings (SSSR count). The molecule has 6 heteroatoms.